The lowest BCUT2D eigenvalue weighted by molar-refractivity contribution is 0.00694. The van der Waals surface area contributed by atoms with Crippen molar-refractivity contribution in [2.75, 3.05) is 13.2 Å². The molecule has 1 fully saturated rings. The molecule has 0 spiro atoms. The molecule has 0 bridgehead atoms. The van der Waals surface area contributed by atoms with Gasteiger partial charge in [-0.1, -0.05) is 45.0 Å². The van der Waals surface area contributed by atoms with Crippen molar-refractivity contribution >= 4 is 0 Å². The van der Waals surface area contributed by atoms with Gasteiger partial charge in [-0.25, -0.2) is 0 Å². The molecule has 1 heterocycles. The normalized spacial score (nSPS) is 25.9. The minimum Gasteiger partial charge on any atom is -0.371 e. The summed E-state index contributed by atoms with van der Waals surface area (Å²) in [5.41, 5.74) is 2.87. The van der Waals surface area contributed by atoms with Gasteiger partial charge in [0, 0.05) is 12.6 Å². The smallest absolute Gasteiger partial charge is 0.0950 e. The van der Waals surface area contributed by atoms with Crippen molar-refractivity contribution in [3.8, 4) is 0 Å². The van der Waals surface area contributed by atoms with Crippen molar-refractivity contribution in [2.24, 2.45) is 0 Å². The third-order valence-electron chi connectivity index (χ3n) is 3.35. The maximum absolute atomic E-state index is 5.84. The molecule has 1 saturated heterocycles. The third kappa shape index (κ3) is 3.08. The van der Waals surface area contributed by atoms with Gasteiger partial charge in [0.25, 0.3) is 0 Å². The number of benzene rings is 1. The molecule has 1 aliphatic heterocycles. The molecule has 2 rings (SSSR count). The van der Waals surface area contributed by atoms with Gasteiger partial charge < -0.3 is 10.1 Å². The minimum absolute atomic E-state index is 0.209. The summed E-state index contributed by atoms with van der Waals surface area (Å²) in [6.45, 7) is 10.6. The second-order valence-electron chi connectivity index (χ2n) is 6.00. The van der Waals surface area contributed by atoms with Crippen LogP contribution in [0.2, 0.25) is 0 Å². The monoisotopic (exact) mass is 233 g/mol. The lowest BCUT2D eigenvalue weighted by Gasteiger charge is -2.29. The van der Waals surface area contributed by atoms with Crippen molar-refractivity contribution in [1.29, 1.82) is 0 Å². The van der Waals surface area contributed by atoms with Gasteiger partial charge in [-0.3, -0.25) is 0 Å². The van der Waals surface area contributed by atoms with Crippen LogP contribution in [0.5, 0.6) is 0 Å². The van der Waals surface area contributed by atoms with Crippen LogP contribution in [0, 0.1) is 0 Å². The maximum atomic E-state index is 5.84. The Balaban J connectivity index is 2.08. The van der Waals surface area contributed by atoms with E-state index in [1.165, 1.54) is 11.1 Å². The van der Waals surface area contributed by atoms with E-state index in [-0.39, 0.29) is 11.5 Å². The van der Waals surface area contributed by atoms with Crippen molar-refractivity contribution in [3.63, 3.8) is 0 Å². The summed E-state index contributed by atoms with van der Waals surface area (Å²) < 4.78 is 5.84. The quantitative estimate of drug-likeness (QED) is 0.805. The van der Waals surface area contributed by atoms with E-state index in [0.29, 0.717) is 6.04 Å². The molecule has 1 N–H and O–H groups in total. The van der Waals surface area contributed by atoms with Gasteiger partial charge in [-0.05, 0) is 23.5 Å². The van der Waals surface area contributed by atoms with Gasteiger partial charge in [-0.15, -0.1) is 0 Å². The Labute approximate surface area is 104 Å². The Hall–Kier alpha value is -0.860. The topological polar surface area (TPSA) is 21.3 Å². The SMILES string of the molecule is CC1COC(c2ccc(C(C)(C)C)cc2)CN1. The summed E-state index contributed by atoms with van der Waals surface area (Å²) in [5, 5.41) is 3.45. The number of morpholine rings is 1. The molecule has 1 aromatic carbocycles. The van der Waals surface area contributed by atoms with Crippen LogP contribution in [0.25, 0.3) is 0 Å². The molecule has 17 heavy (non-hydrogen) atoms. The van der Waals surface area contributed by atoms with Crippen LogP contribution in [-0.4, -0.2) is 19.2 Å². The summed E-state index contributed by atoms with van der Waals surface area (Å²) in [6.07, 6.45) is 0.209. The average Bonchev–Trinajstić information content (AvgIpc) is 2.29. The molecule has 0 radical (unpaired) electrons. The van der Waals surface area contributed by atoms with Gasteiger partial charge in [-0.2, -0.15) is 0 Å². The van der Waals surface area contributed by atoms with E-state index in [0.717, 1.165) is 13.2 Å². The van der Waals surface area contributed by atoms with Gasteiger partial charge in [0.05, 0.1) is 12.7 Å². The van der Waals surface area contributed by atoms with Gasteiger partial charge in [0.1, 0.15) is 0 Å². The van der Waals surface area contributed by atoms with E-state index in [4.69, 9.17) is 4.74 Å². The molecule has 0 saturated carbocycles. The molecule has 2 nitrogen and oxygen atoms in total. The second-order valence-corrected chi connectivity index (χ2v) is 6.00. The zero-order valence-corrected chi connectivity index (χ0v) is 11.3. The first-order valence-corrected chi connectivity index (χ1v) is 6.42. The molecule has 0 aliphatic carbocycles. The highest BCUT2D eigenvalue weighted by atomic mass is 16.5. The number of ether oxygens (including phenoxy) is 1. The fourth-order valence-corrected chi connectivity index (χ4v) is 2.10. The first-order valence-electron chi connectivity index (χ1n) is 6.42. The molecule has 1 aliphatic rings. The molecule has 2 unspecified atom stereocenters. The van der Waals surface area contributed by atoms with Gasteiger partial charge in [0.15, 0.2) is 0 Å². The number of rotatable bonds is 1. The van der Waals surface area contributed by atoms with E-state index < -0.39 is 0 Å². The Kier molecular flexibility index (Phi) is 3.55. The lowest BCUT2D eigenvalue weighted by atomic mass is 9.86. The average molecular weight is 233 g/mol. The summed E-state index contributed by atoms with van der Waals surface area (Å²) in [5.74, 6) is 0. The number of hydrogen-bond donors (Lipinski definition) is 1. The molecular weight excluding hydrogens is 210 g/mol. The maximum Gasteiger partial charge on any atom is 0.0950 e. The standard InChI is InChI=1S/C15H23NO/c1-11-10-17-14(9-16-11)12-5-7-13(8-6-12)15(2,3)4/h5-8,11,14,16H,9-10H2,1-4H3. The van der Waals surface area contributed by atoms with E-state index in [1.54, 1.807) is 0 Å². The van der Waals surface area contributed by atoms with Crippen LogP contribution in [0.3, 0.4) is 0 Å². The van der Waals surface area contributed by atoms with Crippen LogP contribution < -0.4 is 5.32 Å². The molecule has 0 aromatic heterocycles. The van der Waals surface area contributed by atoms with Crippen LogP contribution in [-0.2, 0) is 10.2 Å². The summed E-state index contributed by atoms with van der Waals surface area (Å²) >= 11 is 0. The van der Waals surface area contributed by atoms with Crippen molar-refractivity contribution in [2.45, 2.75) is 45.3 Å². The minimum atomic E-state index is 0.209. The Morgan fingerprint density at radius 2 is 1.82 bits per heavy atom. The third-order valence-corrected chi connectivity index (χ3v) is 3.35. The van der Waals surface area contributed by atoms with Crippen LogP contribution in [0.1, 0.15) is 44.9 Å². The first-order chi connectivity index (χ1) is 7.97. The predicted molar refractivity (Wildman–Crippen MR) is 71.3 cm³/mol. The molecule has 94 valence electrons. The summed E-state index contributed by atoms with van der Waals surface area (Å²) in [4.78, 5) is 0. The molecule has 1 aromatic rings. The molecule has 0 amide bonds. The Morgan fingerprint density at radius 3 is 2.29 bits per heavy atom. The number of hydrogen-bond acceptors (Lipinski definition) is 2. The second kappa shape index (κ2) is 4.79. The summed E-state index contributed by atoms with van der Waals surface area (Å²) in [6, 6.07) is 9.30. The number of nitrogens with one attached hydrogen (secondary N) is 1. The zero-order valence-electron chi connectivity index (χ0n) is 11.3. The van der Waals surface area contributed by atoms with Gasteiger partial charge in [0.2, 0.25) is 0 Å². The molecule has 2 heteroatoms. The Bertz CT molecular complexity index is 356. The van der Waals surface area contributed by atoms with Crippen LogP contribution >= 0.6 is 0 Å². The van der Waals surface area contributed by atoms with E-state index in [1.807, 2.05) is 0 Å². The molecule has 2 atom stereocenters. The fourth-order valence-electron chi connectivity index (χ4n) is 2.10. The Morgan fingerprint density at radius 1 is 1.18 bits per heavy atom. The van der Waals surface area contributed by atoms with E-state index >= 15 is 0 Å². The highest BCUT2D eigenvalue weighted by Gasteiger charge is 2.20. The highest BCUT2D eigenvalue weighted by molar-refractivity contribution is 5.29. The lowest BCUT2D eigenvalue weighted by Crippen LogP contribution is -2.40. The highest BCUT2D eigenvalue weighted by Crippen LogP contribution is 2.25. The van der Waals surface area contributed by atoms with E-state index in [2.05, 4.69) is 57.3 Å². The predicted octanol–water partition coefficient (Wildman–Crippen LogP) is 3.03. The summed E-state index contributed by atoms with van der Waals surface area (Å²) in [7, 11) is 0. The van der Waals surface area contributed by atoms with Crippen LogP contribution in [0.15, 0.2) is 24.3 Å². The molecular formula is C15H23NO. The largest absolute Gasteiger partial charge is 0.371 e. The van der Waals surface area contributed by atoms with Crippen LogP contribution in [0.4, 0.5) is 0 Å². The van der Waals surface area contributed by atoms with Crippen molar-refractivity contribution < 1.29 is 4.74 Å². The van der Waals surface area contributed by atoms with E-state index in [9.17, 15) is 0 Å². The zero-order chi connectivity index (χ0) is 12.5. The first kappa shape index (κ1) is 12.6. The fraction of sp³-hybridized carbons (Fsp3) is 0.600. The van der Waals surface area contributed by atoms with Gasteiger partial charge >= 0.3 is 0 Å². The van der Waals surface area contributed by atoms with Crippen molar-refractivity contribution in [1.82, 2.24) is 5.32 Å². The van der Waals surface area contributed by atoms with Crippen molar-refractivity contribution in [3.05, 3.63) is 35.4 Å².